The number of hydrogen-bond donors (Lipinski definition) is 3. The Hall–Kier alpha value is -3.38. The maximum atomic E-state index is 12.6. The highest BCUT2D eigenvalue weighted by Crippen LogP contribution is 2.07. The predicted octanol–water partition coefficient (Wildman–Crippen LogP) is 2.25. The van der Waals surface area contributed by atoms with Gasteiger partial charge in [0.25, 0.3) is 5.91 Å². The van der Waals surface area contributed by atoms with E-state index in [1.165, 1.54) is 5.56 Å². The summed E-state index contributed by atoms with van der Waals surface area (Å²) < 4.78 is 2.00. The van der Waals surface area contributed by atoms with Crippen molar-refractivity contribution < 1.29 is 9.59 Å². The molecule has 0 aliphatic heterocycles. The highest BCUT2D eigenvalue weighted by molar-refractivity contribution is 5.94. The van der Waals surface area contributed by atoms with Crippen LogP contribution in [0, 0.1) is 0 Å². The van der Waals surface area contributed by atoms with Gasteiger partial charge in [0.15, 0.2) is 0 Å². The molecule has 0 aliphatic rings. The van der Waals surface area contributed by atoms with Crippen LogP contribution in [0.2, 0.25) is 0 Å². The van der Waals surface area contributed by atoms with E-state index in [0.29, 0.717) is 24.2 Å². The Bertz CT molecular complexity index is 949. The van der Waals surface area contributed by atoms with Crippen molar-refractivity contribution in [1.29, 1.82) is 0 Å². The van der Waals surface area contributed by atoms with Gasteiger partial charge in [-0.25, -0.2) is 0 Å². The zero-order chi connectivity index (χ0) is 20.6. The van der Waals surface area contributed by atoms with Gasteiger partial charge >= 0.3 is 0 Å². The summed E-state index contributed by atoms with van der Waals surface area (Å²) in [5, 5.41) is 6.53. The summed E-state index contributed by atoms with van der Waals surface area (Å²) in [4.78, 5) is 23.8. The lowest BCUT2D eigenvalue weighted by Crippen LogP contribution is -2.43. The molecule has 1 aromatic heterocycles. The molecular formula is C23H26N4O2. The minimum absolute atomic E-state index is 0.0602. The van der Waals surface area contributed by atoms with Gasteiger partial charge in [0.2, 0.25) is 5.91 Å². The Morgan fingerprint density at radius 3 is 2.31 bits per heavy atom. The summed E-state index contributed by atoms with van der Waals surface area (Å²) in [5.74, 6) is -0.518. The third-order valence-corrected chi connectivity index (χ3v) is 4.70. The van der Waals surface area contributed by atoms with Crippen molar-refractivity contribution in [3.8, 4) is 0 Å². The molecule has 29 heavy (non-hydrogen) atoms. The van der Waals surface area contributed by atoms with Crippen molar-refractivity contribution in [3.63, 3.8) is 0 Å². The number of carbonyl (C=O) groups is 2. The number of carbonyl (C=O) groups excluding carboxylic acids is 2. The van der Waals surface area contributed by atoms with Crippen LogP contribution in [-0.2, 0) is 20.0 Å². The van der Waals surface area contributed by atoms with Crippen molar-refractivity contribution in [2.24, 2.45) is 12.8 Å². The molecule has 0 saturated carbocycles. The van der Waals surface area contributed by atoms with E-state index in [1.807, 2.05) is 60.3 Å². The third kappa shape index (κ3) is 6.05. The second-order valence-corrected chi connectivity index (χ2v) is 7.12. The lowest BCUT2D eigenvalue weighted by atomic mass is 10.1. The van der Waals surface area contributed by atoms with Crippen molar-refractivity contribution >= 4 is 11.8 Å². The number of aryl methyl sites for hydroxylation is 1. The van der Waals surface area contributed by atoms with Gasteiger partial charge in [-0.1, -0.05) is 30.3 Å². The van der Waals surface area contributed by atoms with Crippen LogP contribution in [-0.4, -0.2) is 29.0 Å². The smallest absolute Gasteiger partial charge is 0.251 e. The number of hydrogen-bond acceptors (Lipinski definition) is 3. The molecule has 1 atom stereocenters. The molecular weight excluding hydrogens is 364 g/mol. The fourth-order valence-corrected chi connectivity index (χ4v) is 3.18. The van der Waals surface area contributed by atoms with Crippen LogP contribution in [0.4, 0.5) is 0 Å². The first-order valence-electron chi connectivity index (χ1n) is 9.57. The second-order valence-electron chi connectivity index (χ2n) is 7.12. The monoisotopic (exact) mass is 390 g/mol. The number of nitrogens with one attached hydrogen (secondary N) is 2. The van der Waals surface area contributed by atoms with Crippen LogP contribution < -0.4 is 16.4 Å². The number of primary amides is 1. The van der Waals surface area contributed by atoms with Gasteiger partial charge in [0.05, 0.1) is 0 Å². The Balaban J connectivity index is 1.61. The number of rotatable bonds is 9. The lowest BCUT2D eigenvalue weighted by Gasteiger charge is -2.19. The summed E-state index contributed by atoms with van der Waals surface area (Å²) in [6, 6.07) is 18.4. The average molecular weight is 390 g/mol. The average Bonchev–Trinajstić information content (AvgIpc) is 3.13. The van der Waals surface area contributed by atoms with Crippen molar-refractivity contribution in [3.05, 3.63) is 95.3 Å². The molecule has 6 nitrogen and oxygen atoms in total. The van der Waals surface area contributed by atoms with Gasteiger partial charge in [-0.3, -0.25) is 9.59 Å². The van der Waals surface area contributed by atoms with E-state index in [4.69, 9.17) is 5.73 Å². The van der Waals surface area contributed by atoms with E-state index in [2.05, 4.69) is 22.9 Å². The van der Waals surface area contributed by atoms with Crippen molar-refractivity contribution in [2.45, 2.75) is 19.0 Å². The van der Waals surface area contributed by atoms with E-state index in [-0.39, 0.29) is 11.9 Å². The number of amides is 2. The highest BCUT2D eigenvalue weighted by atomic mass is 16.2. The molecule has 0 bridgehead atoms. The van der Waals surface area contributed by atoms with Gasteiger partial charge in [0, 0.05) is 49.7 Å². The highest BCUT2D eigenvalue weighted by Gasteiger charge is 2.15. The first-order valence-corrected chi connectivity index (χ1v) is 9.57. The van der Waals surface area contributed by atoms with E-state index < -0.39 is 5.91 Å². The minimum atomic E-state index is -0.434. The third-order valence-electron chi connectivity index (χ3n) is 4.70. The molecule has 1 heterocycles. The van der Waals surface area contributed by atoms with Gasteiger partial charge in [0.1, 0.15) is 0 Å². The van der Waals surface area contributed by atoms with Crippen molar-refractivity contribution in [2.75, 3.05) is 6.54 Å². The van der Waals surface area contributed by atoms with E-state index in [1.54, 1.807) is 12.1 Å². The molecule has 0 spiro atoms. The SMILES string of the molecule is Cn1ccc(CC(CNCc2ccc(C(N)=O)cc2)NC(=O)c2ccccc2)c1. The fraction of sp³-hybridized carbons (Fsp3) is 0.217. The first kappa shape index (κ1) is 20.4. The zero-order valence-corrected chi connectivity index (χ0v) is 16.5. The number of aromatic nitrogens is 1. The van der Waals surface area contributed by atoms with Gasteiger partial charge in [-0.15, -0.1) is 0 Å². The molecule has 3 aromatic rings. The first-order chi connectivity index (χ1) is 14.0. The van der Waals surface area contributed by atoms with E-state index in [9.17, 15) is 9.59 Å². The Morgan fingerprint density at radius 2 is 1.69 bits per heavy atom. The largest absolute Gasteiger partial charge is 0.366 e. The Morgan fingerprint density at radius 1 is 0.966 bits per heavy atom. The van der Waals surface area contributed by atoms with Gasteiger partial charge in [-0.2, -0.15) is 0 Å². The fourth-order valence-electron chi connectivity index (χ4n) is 3.18. The zero-order valence-electron chi connectivity index (χ0n) is 16.5. The molecule has 0 saturated heterocycles. The van der Waals surface area contributed by atoms with Crippen LogP contribution in [0.25, 0.3) is 0 Å². The molecule has 2 aromatic carbocycles. The predicted molar refractivity (Wildman–Crippen MR) is 113 cm³/mol. The maximum absolute atomic E-state index is 12.6. The molecule has 6 heteroatoms. The van der Waals surface area contributed by atoms with E-state index in [0.717, 1.165) is 12.0 Å². The number of nitrogens with zero attached hydrogens (tertiary/aromatic N) is 1. The minimum Gasteiger partial charge on any atom is -0.366 e. The molecule has 4 N–H and O–H groups in total. The van der Waals surface area contributed by atoms with Crippen LogP contribution in [0.15, 0.2) is 73.1 Å². The van der Waals surface area contributed by atoms with Crippen molar-refractivity contribution in [1.82, 2.24) is 15.2 Å². The summed E-state index contributed by atoms with van der Waals surface area (Å²) in [7, 11) is 1.98. The summed E-state index contributed by atoms with van der Waals surface area (Å²) in [6.07, 6.45) is 4.79. The standard InChI is InChI=1S/C23H26N4O2/c1-27-12-11-18(16-27)13-21(26-23(29)20-5-3-2-4-6-20)15-25-14-17-7-9-19(10-8-17)22(24)28/h2-12,16,21,25H,13-15H2,1H3,(H2,24,28)(H,26,29). The second kappa shape index (κ2) is 9.71. The summed E-state index contributed by atoms with van der Waals surface area (Å²) in [5.41, 5.74) is 8.62. The molecule has 0 fully saturated rings. The number of nitrogens with two attached hydrogens (primary N) is 1. The van der Waals surface area contributed by atoms with Gasteiger partial charge < -0.3 is 20.9 Å². The Labute approximate surface area is 170 Å². The molecule has 2 amide bonds. The molecule has 150 valence electrons. The lowest BCUT2D eigenvalue weighted by molar-refractivity contribution is 0.0935. The normalized spacial score (nSPS) is 11.8. The van der Waals surface area contributed by atoms with Gasteiger partial charge in [-0.05, 0) is 47.9 Å². The molecule has 0 aliphatic carbocycles. The summed E-state index contributed by atoms with van der Waals surface area (Å²) >= 11 is 0. The summed E-state index contributed by atoms with van der Waals surface area (Å²) in [6.45, 7) is 1.25. The molecule has 3 rings (SSSR count). The maximum Gasteiger partial charge on any atom is 0.251 e. The topological polar surface area (TPSA) is 89.2 Å². The molecule has 1 unspecified atom stereocenters. The quantitative estimate of drug-likeness (QED) is 0.524. The van der Waals surface area contributed by atoms with Crippen LogP contribution in [0.1, 0.15) is 31.8 Å². The van der Waals surface area contributed by atoms with Crippen LogP contribution in [0.5, 0.6) is 0 Å². The number of benzene rings is 2. The van der Waals surface area contributed by atoms with Crippen LogP contribution in [0.3, 0.4) is 0 Å². The van der Waals surface area contributed by atoms with Crippen LogP contribution >= 0.6 is 0 Å². The van der Waals surface area contributed by atoms with E-state index >= 15 is 0 Å². The Kier molecular flexibility index (Phi) is 6.81. The molecule has 0 radical (unpaired) electrons.